The van der Waals surface area contributed by atoms with E-state index in [4.69, 9.17) is 9.47 Å². The van der Waals surface area contributed by atoms with E-state index in [0.717, 1.165) is 16.7 Å². The second-order valence-corrected chi connectivity index (χ2v) is 9.77. The van der Waals surface area contributed by atoms with Gasteiger partial charge in [0.05, 0.1) is 25.3 Å². The molecule has 3 aromatic carbocycles. The number of amides is 2. The van der Waals surface area contributed by atoms with E-state index in [9.17, 15) is 14.0 Å². The number of rotatable bonds is 1. The van der Waals surface area contributed by atoms with Crippen LogP contribution in [0.25, 0.3) is 0 Å². The number of carbonyl (C=O) groups excluding carboxylic acids is 2. The maximum atomic E-state index is 14.7. The number of aromatic nitrogens is 2. The first kappa shape index (κ1) is 25.5. The van der Waals surface area contributed by atoms with Crippen molar-refractivity contribution in [3.63, 3.8) is 0 Å². The maximum Gasteiger partial charge on any atom is 0.274 e. The largest absolute Gasteiger partial charge is 0.494 e. The zero-order chi connectivity index (χ0) is 27.5. The Morgan fingerprint density at radius 1 is 1.05 bits per heavy atom. The summed E-state index contributed by atoms with van der Waals surface area (Å²) in [5.41, 5.74) is 3.73. The molecule has 2 amide bonds. The summed E-state index contributed by atoms with van der Waals surface area (Å²) in [4.78, 5) is 36.2. The van der Waals surface area contributed by atoms with Crippen molar-refractivity contribution in [3.05, 3.63) is 113 Å². The van der Waals surface area contributed by atoms with Gasteiger partial charge in [0.2, 0.25) is 5.91 Å². The van der Waals surface area contributed by atoms with Crippen molar-refractivity contribution in [3.8, 4) is 17.2 Å². The molecule has 8 nitrogen and oxygen atoms in total. The first-order valence-electron chi connectivity index (χ1n) is 13.2. The van der Waals surface area contributed by atoms with Crippen molar-refractivity contribution in [2.75, 3.05) is 19.7 Å². The lowest BCUT2D eigenvalue weighted by atomic mass is 9.87. The molecule has 0 aliphatic carbocycles. The normalized spacial score (nSPS) is 17.0. The number of nitrogens with zero attached hydrogens (tertiary/aromatic N) is 3. The molecule has 0 radical (unpaired) electrons. The van der Waals surface area contributed by atoms with Gasteiger partial charge in [-0.3, -0.25) is 14.6 Å². The highest BCUT2D eigenvalue weighted by Crippen LogP contribution is 2.39. The standard InChI is InChI=1S/C31H27FN4O4/c32-26-8-5-20-15-28(26)40-24-6-7-25-21(17-24)9-13-36(31(38)27-19-33-11-12-34-27)30(25)22-3-1-4-23(18-22)39-14-2-10-35-29(37)16-20/h1,3-8,11-12,15,17-19,30H,2,9-10,13-14,16H2,(H,35,37). The molecule has 3 aliphatic heterocycles. The zero-order valence-corrected chi connectivity index (χ0v) is 21.7. The molecule has 0 fully saturated rings. The minimum absolute atomic E-state index is 0.0519. The number of ether oxygens (including phenoxy) is 2. The van der Waals surface area contributed by atoms with Gasteiger partial charge < -0.3 is 19.7 Å². The predicted molar refractivity (Wildman–Crippen MR) is 145 cm³/mol. The third-order valence-corrected chi connectivity index (χ3v) is 7.06. The molecule has 4 heterocycles. The highest BCUT2D eigenvalue weighted by Gasteiger charge is 2.34. The van der Waals surface area contributed by atoms with Crippen LogP contribution in [0.2, 0.25) is 0 Å². The highest BCUT2D eigenvalue weighted by atomic mass is 19.1. The summed E-state index contributed by atoms with van der Waals surface area (Å²) in [6.07, 6.45) is 5.81. The molecule has 1 N–H and O–H groups in total. The molecule has 9 heteroatoms. The summed E-state index contributed by atoms with van der Waals surface area (Å²) >= 11 is 0. The summed E-state index contributed by atoms with van der Waals surface area (Å²) in [5, 5.41) is 2.88. The van der Waals surface area contributed by atoms with E-state index < -0.39 is 11.9 Å². The fourth-order valence-electron chi connectivity index (χ4n) is 5.18. The van der Waals surface area contributed by atoms with Gasteiger partial charge >= 0.3 is 0 Å². The summed E-state index contributed by atoms with van der Waals surface area (Å²) in [5.74, 6) is 0.305. The number of halogens is 1. The van der Waals surface area contributed by atoms with E-state index in [2.05, 4.69) is 15.3 Å². The van der Waals surface area contributed by atoms with Crippen molar-refractivity contribution < 1.29 is 23.5 Å². The summed E-state index contributed by atoms with van der Waals surface area (Å²) < 4.78 is 26.7. The average Bonchev–Trinajstić information content (AvgIpc) is 2.98. The lowest BCUT2D eigenvalue weighted by Crippen LogP contribution is -2.41. The molecule has 202 valence electrons. The van der Waals surface area contributed by atoms with Crippen LogP contribution in [-0.2, 0) is 17.6 Å². The van der Waals surface area contributed by atoms with Gasteiger partial charge in [-0.05, 0) is 71.5 Å². The molecule has 4 aromatic rings. The Morgan fingerprint density at radius 3 is 2.85 bits per heavy atom. The highest BCUT2D eigenvalue weighted by molar-refractivity contribution is 5.92. The first-order chi connectivity index (χ1) is 19.5. The first-order valence-corrected chi connectivity index (χ1v) is 13.2. The summed E-state index contributed by atoms with van der Waals surface area (Å²) in [7, 11) is 0. The molecular formula is C31H27FN4O4. The number of hydrogen-bond donors (Lipinski definition) is 1. The van der Waals surface area contributed by atoms with E-state index in [-0.39, 0.29) is 29.7 Å². The monoisotopic (exact) mass is 538 g/mol. The van der Waals surface area contributed by atoms with Gasteiger partial charge in [0.1, 0.15) is 17.2 Å². The van der Waals surface area contributed by atoms with Crippen LogP contribution in [-0.4, -0.2) is 46.4 Å². The fraction of sp³-hybridized carbons (Fsp3) is 0.226. The Hall–Kier alpha value is -4.79. The molecule has 0 saturated heterocycles. The molecule has 0 spiro atoms. The smallest absolute Gasteiger partial charge is 0.274 e. The van der Waals surface area contributed by atoms with Crippen LogP contribution >= 0.6 is 0 Å². The van der Waals surface area contributed by atoms with Crippen LogP contribution in [0.3, 0.4) is 0 Å². The van der Waals surface area contributed by atoms with Crippen molar-refractivity contribution in [2.24, 2.45) is 0 Å². The van der Waals surface area contributed by atoms with Crippen molar-refractivity contribution in [2.45, 2.75) is 25.3 Å². The molecule has 1 unspecified atom stereocenters. The number of fused-ring (bicyclic) bond motifs is 7. The van der Waals surface area contributed by atoms with Gasteiger partial charge in [0, 0.05) is 25.5 Å². The molecular weight excluding hydrogens is 511 g/mol. The van der Waals surface area contributed by atoms with E-state index >= 15 is 0 Å². The Labute approximate surface area is 230 Å². The van der Waals surface area contributed by atoms with E-state index in [1.54, 1.807) is 23.1 Å². The predicted octanol–water partition coefficient (Wildman–Crippen LogP) is 4.64. The van der Waals surface area contributed by atoms with Gasteiger partial charge in [0.15, 0.2) is 11.6 Å². The van der Waals surface area contributed by atoms with Crippen LogP contribution in [0.1, 0.15) is 45.2 Å². The quantitative estimate of drug-likeness (QED) is 0.380. The number of carbonyl (C=O) groups is 2. The third kappa shape index (κ3) is 5.36. The minimum Gasteiger partial charge on any atom is -0.494 e. The average molecular weight is 539 g/mol. The molecule has 3 aliphatic rings. The Bertz CT molecular complexity index is 1560. The minimum atomic E-state index is -0.514. The summed E-state index contributed by atoms with van der Waals surface area (Å²) in [6.45, 7) is 1.30. The molecule has 40 heavy (non-hydrogen) atoms. The second-order valence-electron chi connectivity index (χ2n) is 9.77. The van der Waals surface area contributed by atoms with E-state index in [0.29, 0.717) is 49.6 Å². The van der Waals surface area contributed by atoms with Crippen molar-refractivity contribution in [1.82, 2.24) is 20.2 Å². The van der Waals surface area contributed by atoms with Gasteiger partial charge in [-0.25, -0.2) is 9.37 Å². The van der Waals surface area contributed by atoms with E-state index in [1.165, 1.54) is 24.7 Å². The fourth-order valence-corrected chi connectivity index (χ4v) is 5.18. The van der Waals surface area contributed by atoms with E-state index in [1.807, 2.05) is 36.4 Å². The lowest BCUT2D eigenvalue weighted by molar-refractivity contribution is -0.120. The Balaban J connectivity index is 1.42. The van der Waals surface area contributed by atoms with Gasteiger partial charge in [-0.1, -0.05) is 24.3 Å². The second kappa shape index (κ2) is 11.1. The van der Waals surface area contributed by atoms with Crippen molar-refractivity contribution >= 4 is 11.8 Å². The van der Waals surface area contributed by atoms with Crippen LogP contribution in [0.5, 0.6) is 17.2 Å². The Morgan fingerprint density at radius 2 is 1.98 bits per heavy atom. The zero-order valence-electron chi connectivity index (χ0n) is 21.7. The van der Waals surface area contributed by atoms with Crippen molar-refractivity contribution in [1.29, 1.82) is 0 Å². The number of hydrogen-bond acceptors (Lipinski definition) is 6. The van der Waals surface area contributed by atoms with Crippen LogP contribution < -0.4 is 14.8 Å². The molecule has 7 rings (SSSR count). The molecule has 8 bridgehead atoms. The SMILES string of the molecule is O=C1Cc2ccc(F)c(c2)Oc2ccc3c(c2)CCN(C(=O)c2cnccn2)C3c2cccc(c2)OCCCN1. The summed E-state index contributed by atoms with van der Waals surface area (Å²) in [6, 6.07) is 17.3. The molecule has 1 aromatic heterocycles. The van der Waals surface area contributed by atoms with Crippen LogP contribution in [0.4, 0.5) is 4.39 Å². The van der Waals surface area contributed by atoms with Gasteiger partial charge in [-0.2, -0.15) is 0 Å². The topological polar surface area (TPSA) is 93.7 Å². The van der Waals surface area contributed by atoms with Crippen LogP contribution in [0, 0.1) is 5.82 Å². The lowest BCUT2D eigenvalue weighted by Gasteiger charge is -2.37. The van der Waals surface area contributed by atoms with Gasteiger partial charge in [-0.15, -0.1) is 0 Å². The maximum absolute atomic E-state index is 14.7. The molecule has 1 atom stereocenters. The number of nitrogens with one attached hydrogen (secondary N) is 1. The molecule has 0 saturated carbocycles. The Kier molecular flexibility index (Phi) is 7.09. The van der Waals surface area contributed by atoms with Crippen LogP contribution in [0.15, 0.2) is 79.3 Å². The number of benzene rings is 3. The van der Waals surface area contributed by atoms with Gasteiger partial charge in [0.25, 0.3) is 5.91 Å². The third-order valence-electron chi connectivity index (χ3n) is 7.06.